The first-order chi connectivity index (χ1) is 11.3. The number of rotatable bonds is 4. The number of pyridine rings is 1. The van der Waals surface area contributed by atoms with E-state index in [1.165, 1.54) is 13.3 Å². The maximum absolute atomic E-state index is 12.1. The van der Waals surface area contributed by atoms with E-state index in [4.69, 9.17) is 9.47 Å². The number of carbonyl (C=O) groups excluding carboxylic acids is 2. The van der Waals surface area contributed by atoms with Crippen LogP contribution in [-0.2, 0) is 9.47 Å². The van der Waals surface area contributed by atoms with Gasteiger partial charge >= 0.3 is 11.9 Å². The fraction of sp³-hybridized carbons (Fsp3) is 0.278. The maximum Gasteiger partial charge on any atom is 0.339 e. The van der Waals surface area contributed by atoms with Crippen LogP contribution in [0.5, 0.6) is 11.6 Å². The molecule has 0 amide bonds. The maximum atomic E-state index is 12.1. The van der Waals surface area contributed by atoms with Crippen LogP contribution in [0.15, 0.2) is 42.6 Å². The van der Waals surface area contributed by atoms with Crippen LogP contribution in [0.1, 0.15) is 41.5 Å². The molecule has 0 unspecified atom stereocenters. The van der Waals surface area contributed by atoms with Gasteiger partial charge in [-0.1, -0.05) is 6.07 Å². The minimum atomic E-state index is -0.570. The molecule has 0 N–H and O–H groups in total. The number of benzene rings is 1. The Hall–Kier alpha value is -2.89. The summed E-state index contributed by atoms with van der Waals surface area (Å²) in [6.07, 6.45) is 1.36. The lowest BCUT2D eigenvalue weighted by molar-refractivity contribution is 0.00690. The van der Waals surface area contributed by atoms with Gasteiger partial charge in [0.05, 0.1) is 18.2 Å². The third-order valence-electron chi connectivity index (χ3n) is 2.85. The first-order valence-corrected chi connectivity index (χ1v) is 7.34. The summed E-state index contributed by atoms with van der Waals surface area (Å²) in [5.41, 5.74) is 0.139. The number of carbonyl (C=O) groups is 2. The van der Waals surface area contributed by atoms with Crippen LogP contribution in [0, 0.1) is 0 Å². The molecule has 1 aromatic carbocycles. The van der Waals surface area contributed by atoms with Gasteiger partial charge in [-0.2, -0.15) is 0 Å². The van der Waals surface area contributed by atoms with Gasteiger partial charge in [0, 0.05) is 12.3 Å². The number of aromatic nitrogens is 1. The smallest absolute Gasteiger partial charge is 0.339 e. The molecule has 0 saturated carbocycles. The topological polar surface area (TPSA) is 74.7 Å². The van der Waals surface area contributed by atoms with Crippen LogP contribution >= 0.6 is 0 Å². The molecule has 0 spiro atoms. The highest BCUT2D eigenvalue weighted by Crippen LogP contribution is 2.22. The molecule has 6 nitrogen and oxygen atoms in total. The molecule has 0 aliphatic rings. The van der Waals surface area contributed by atoms with E-state index in [0.29, 0.717) is 22.8 Å². The SMILES string of the molecule is COC(=O)c1ccc(Oc2cccc(C(=O)OC(C)(C)C)c2)nc1. The first kappa shape index (κ1) is 17.5. The first-order valence-electron chi connectivity index (χ1n) is 7.34. The molecule has 0 radical (unpaired) electrons. The van der Waals surface area contributed by atoms with Crippen molar-refractivity contribution in [3.8, 4) is 11.6 Å². The van der Waals surface area contributed by atoms with Crippen LogP contribution in [0.3, 0.4) is 0 Å². The van der Waals surface area contributed by atoms with Gasteiger partial charge in [0.2, 0.25) is 5.88 Å². The fourth-order valence-corrected chi connectivity index (χ4v) is 1.82. The highest BCUT2D eigenvalue weighted by Gasteiger charge is 2.18. The lowest BCUT2D eigenvalue weighted by Gasteiger charge is -2.19. The van der Waals surface area contributed by atoms with Gasteiger partial charge < -0.3 is 14.2 Å². The molecule has 126 valence electrons. The van der Waals surface area contributed by atoms with Crippen molar-refractivity contribution in [1.82, 2.24) is 4.98 Å². The summed E-state index contributed by atoms with van der Waals surface area (Å²) in [5, 5.41) is 0. The zero-order chi connectivity index (χ0) is 17.7. The number of hydrogen-bond donors (Lipinski definition) is 0. The van der Waals surface area contributed by atoms with E-state index >= 15 is 0 Å². The van der Waals surface area contributed by atoms with Crippen molar-refractivity contribution in [3.63, 3.8) is 0 Å². The molecule has 1 aromatic heterocycles. The second kappa shape index (κ2) is 7.12. The highest BCUT2D eigenvalue weighted by molar-refractivity contribution is 5.90. The Morgan fingerprint density at radius 3 is 2.33 bits per heavy atom. The van der Waals surface area contributed by atoms with Crippen LogP contribution in [0.2, 0.25) is 0 Å². The number of ether oxygens (including phenoxy) is 3. The fourth-order valence-electron chi connectivity index (χ4n) is 1.82. The lowest BCUT2D eigenvalue weighted by atomic mass is 10.1. The minimum absolute atomic E-state index is 0.295. The molecule has 0 bridgehead atoms. The molecule has 2 rings (SSSR count). The largest absolute Gasteiger partial charge is 0.465 e. The van der Waals surface area contributed by atoms with Gasteiger partial charge in [-0.05, 0) is 45.0 Å². The van der Waals surface area contributed by atoms with E-state index in [0.717, 1.165) is 0 Å². The summed E-state index contributed by atoms with van der Waals surface area (Å²) in [4.78, 5) is 27.5. The van der Waals surface area contributed by atoms with E-state index in [9.17, 15) is 9.59 Å². The van der Waals surface area contributed by atoms with Crippen LogP contribution in [-0.4, -0.2) is 29.6 Å². The zero-order valence-corrected chi connectivity index (χ0v) is 14.0. The average Bonchev–Trinajstić information content (AvgIpc) is 2.53. The Labute approximate surface area is 140 Å². The third-order valence-corrected chi connectivity index (χ3v) is 2.85. The van der Waals surface area contributed by atoms with E-state index < -0.39 is 17.5 Å². The Balaban J connectivity index is 2.12. The lowest BCUT2D eigenvalue weighted by Crippen LogP contribution is -2.23. The third kappa shape index (κ3) is 4.81. The molecule has 0 aliphatic heterocycles. The van der Waals surface area contributed by atoms with Gasteiger partial charge in [0.1, 0.15) is 11.4 Å². The molecule has 24 heavy (non-hydrogen) atoms. The van der Waals surface area contributed by atoms with Crippen molar-refractivity contribution in [2.45, 2.75) is 26.4 Å². The molecular formula is C18H19NO5. The summed E-state index contributed by atoms with van der Waals surface area (Å²) in [6, 6.07) is 9.71. The molecular weight excluding hydrogens is 310 g/mol. The van der Waals surface area contributed by atoms with Gasteiger partial charge in [0.15, 0.2) is 0 Å². The predicted octanol–water partition coefficient (Wildman–Crippen LogP) is 3.62. The van der Waals surface area contributed by atoms with Crippen molar-refractivity contribution in [2.75, 3.05) is 7.11 Å². The summed E-state index contributed by atoms with van der Waals surface area (Å²) >= 11 is 0. The molecule has 2 aromatic rings. The minimum Gasteiger partial charge on any atom is -0.465 e. The van der Waals surface area contributed by atoms with Gasteiger partial charge in [0.25, 0.3) is 0 Å². The van der Waals surface area contributed by atoms with Crippen molar-refractivity contribution in [3.05, 3.63) is 53.7 Å². The quantitative estimate of drug-likeness (QED) is 0.798. The Morgan fingerprint density at radius 2 is 1.75 bits per heavy atom. The molecule has 1 heterocycles. The molecule has 0 fully saturated rings. The van der Waals surface area contributed by atoms with E-state index in [-0.39, 0.29) is 0 Å². The summed E-state index contributed by atoms with van der Waals surface area (Å²) in [7, 11) is 1.30. The Kier molecular flexibility index (Phi) is 5.18. The number of nitrogens with zero attached hydrogens (tertiary/aromatic N) is 1. The van der Waals surface area contributed by atoms with Crippen molar-refractivity contribution < 1.29 is 23.8 Å². The monoisotopic (exact) mass is 329 g/mol. The van der Waals surface area contributed by atoms with Gasteiger partial charge in [-0.3, -0.25) is 0 Å². The summed E-state index contributed by atoms with van der Waals surface area (Å²) in [6.45, 7) is 5.41. The highest BCUT2D eigenvalue weighted by atomic mass is 16.6. The van der Waals surface area contributed by atoms with E-state index in [2.05, 4.69) is 9.72 Å². The van der Waals surface area contributed by atoms with Crippen molar-refractivity contribution >= 4 is 11.9 Å². The number of esters is 2. The van der Waals surface area contributed by atoms with E-state index in [1.807, 2.05) is 0 Å². The van der Waals surface area contributed by atoms with Crippen LogP contribution in [0.25, 0.3) is 0 Å². The summed E-state index contributed by atoms with van der Waals surface area (Å²) < 4.78 is 15.5. The Bertz CT molecular complexity index is 732. The van der Waals surface area contributed by atoms with E-state index in [1.54, 1.807) is 57.2 Å². The van der Waals surface area contributed by atoms with Crippen molar-refractivity contribution in [2.24, 2.45) is 0 Å². The Morgan fingerprint density at radius 1 is 1.00 bits per heavy atom. The molecule has 6 heteroatoms. The second-order valence-corrected chi connectivity index (χ2v) is 6.01. The van der Waals surface area contributed by atoms with Crippen molar-refractivity contribution in [1.29, 1.82) is 0 Å². The second-order valence-electron chi connectivity index (χ2n) is 6.01. The number of hydrogen-bond acceptors (Lipinski definition) is 6. The standard InChI is InChI=1S/C18H19NO5/c1-18(2,3)24-17(21)12-6-5-7-14(10-12)23-15-9-8-13(11-19-15)16(20)22-4/h5-11H,1-4H3. The molecule has 0 saturated heterocycles. The normalized spacial score (nSPS) is 10.8. The molecule has 0 atom stereocenters. The number of methoxy groups -OCH3 is 1. The van der Waals surface area contributed by atoms with Gasteiger partial charge in [-0.25, -0.2) is 14.6 Å². The molecule has 0 aliphatic carbocycles. The average molecular weight is 329 g/mol. The summed E-state index contributed by atoms with van der Waals surface area (Å²) in [5.74, 6) is -0.163. The predicted molar refractivity (Wildman–Crippen MR) is 87.3 cm³/mol. The zero-order valence-electron chi connectivity index (χ0n) is 14.0. The van der Waals surface area contributed by atoms with Crippen LogP contribution < -0.4 is 4.74 Å². The van der Waals surface area contributed by atoms with Gasteiger partial charge in [-0.15, -0.1) is 0 Å². The van der Waals surface area contributed by atoms with Crippen LogP contribution in [0.4, 0.5) is 0 Å².